The van der Waals surface area contributed by atoms with Crippen LogP contribution in [0.25, 0.3) is 0 Å². The first kappa shape index (κ1) is 8.92. The first-order valence-corrected chi connectivity index (χ1v) is 3.45. The van der Waals surface area contributed by atoms with E-state index in [0.717, 1.165) is 0 Å². The Morgan fingerprint density at radius 3 is 1.78 bits per heavy atom. The molecule has 0 aliphatic carbocycles. The van der Waals surface area contributed by atoms with Crippen molar-refractivity contribution in [1.82, 2.24) is 0 Å². The van der Waals surface area contributed by atoms with E-state index in [-0.39, 0.29) is 12.0 Å². The van der Waals surface area contributed by atoms with Crippen LogP contribution in [0.5, 0.6) is 0 Å². The summed E-state index contributed by atoms with van der Waals surface area (Å²) in [5.41, 5.74) is 0. The summed E-state index contributed by atoms with van der Waals surface area (Å²) in [5.74, 6) is -0.00463. The second-order valence-corrected chi connectivity index (χ2v) is 2.58. The second kappa shape index (κ2) is 3.85. The summed E-state index contributed by atoms with van der Waals surface area (Å²) in [6.45, 7) is 5.45. The van der Waals surface area contributed by atoms with Gasteiger partial charge >= 0.3 is 0 Å². The zero-order chi connectivity index (χ0) is 7.44. The van der Waals surface area contributed by atoms with Gasteiger partial charge < -0.3 is 10.2 Å². The zero-order valence-corrected chi connectivity index (χ0v) is 6.33. The molecule has 2 heteroatoms. The van der Waals surface area contributed by atoms with Gasteiger partial charge in [-0.2, -0.15) is 0 Å². The lowest BCUT2D eigenvalue weighted by Crippen LogP contribution is -2.26. The lowest BCUT2D eigenvalue weighted by atomic mass is 9.98. The van der Waals surface area contributed by atoms with Gasteiger partial charge in [-0.1, -0.05) is 13.8 Å². The van der Waals surface area contributed by atoms with Crippen LogP contribution in [0.3, 0.4) is 0 Å². The third kappa shape index (κ3) is 2.82. The minimum Gasteiger partial charge on any atom is -0.393 e. The van der Waals surface area contributed by atoms with E-state index in [1.807, 2.05) is 13.8 Å². The number of hydrogen-bond acceptors (Lipinski definition) is 2. The van der Waals surface area contributed by atoms with E-state index in [2.05, 4.69) is 0 Å². The predicted octanol–water partition coefficient (Wildman–Crippen LogP) is 0.774. The van der Waals surface area contributed by atoms with Gasteiger partial charge in [0.15, 0.2) is 0 Å². The molecule has 56 valence electrons. The van der Waals surface area contributed by atoms with Crippen LogP contribution in [-0.2, 0) is 0 Å². The van der Waals surface area contributed by atoms with E-state index in [4.69, 9.17) is 10.2 Å². The number of hydrogen-bond donors (Lipinski definition) is 2. The topological polar surface area (TPSA) is 40.5 Å². The molecule has 0 aliphatic rings. The first-order valence-electron chi connectivity index (χ1n) is 3.45. The summed E-state index contributed by atoms with van der Waals surface area (Å²) in [6.07, 6.45) is -0.0450. The van der Waals surface area contributed by atoms with Gasteiger partial charge in [0, 0.05) is 5.92 Å². The molecule has 0 bridgehead atoms. The Kier molecular flexibility index (Phi) is 3.82. The summed E-state index contributed by atoms with van der Waals surface area (Å²) in [6, 6.07) is 0. The smallest absolute Gasteiger partial charge is 0.0587 e. The molecule has 0 unspecified atom stereocenters. The van der Waals surface area contributed by atoms with Crippen molar-refractivity contribution in [2.45, 2.75) is 39.4 Å². The van der Waals surface area contributed by atoms with Crippen LogP contribution in [0.4, 0.5) is 0 Å². The minimum atomic E-state index is -0.403. The molecule has 9 heavy (non-hydrogen) atoms. The summed E-state index contributed by atoms with van der Waals surface area (Å²) >= 11 is 0. The molecule has 0 heterocycles. The average Bonchev–Trinajstić information content (AvgIpc) is 1.84. The Hall–Kier alpha value is -0.0800. The summed E-state index contributed by atoms with van der Waals surface area (Å²) in [7, 11) is 0. The van der Waals surface area contributed by atoms with Crippen LogP contribution in [-0.4, -0.2) is 22.4 Å². The molecule has 0 saturated heterocycles. The number of aliphatic hydroxyl groups excluding tert-OH is 2. The molecular weight excluding hydrogens is 116 g/mol. The van der Waals surface area contributed by atoms with Crippen molar-refractivity contribution in [2.24, 2.45) is 5.92 Å². The van der Waals surface area contributed by atoms with Crippen LogP contribution >= 0.6 is 0 Å². The van der Waals surface area contributed by atoms with E-state index in [1.54, 1.807) is 6.92 Å². The summed E-state index contributed by atoms with van der Waals surface area (Å²) < 4.78 is 0. The largest absolute Gasteiger partial charge is 0.393 e. The van der Waals surface area contributed by atoms with Gasteiger partial charge in [0.25, 0.3) is 0 Å². The molecule has 0 rings (SSSR count). The SMILES string of the molecule is CC[C@H](O)[C@@H](C)[C@H](C)O. The zero-order valence-electron chi connectivity index (χ0n) is 6.33. The average molecular weight is 132 g/mol. The highest BCUT2D eigenvalue weighted by molar-refractivity contribution is 4.66. The van der Waals surface area contributed by atoms with Crippen molar-refractivity contribution in [3.05, 3.63) is 0 Å². The molecule has 2 N–H and O–H groups in total. The normalized spacial score (nSPS) is 21.0. The highest BCUT2D eigenvalue weighted by Crippen LogP contribution is 2.10. The van der Waals surface area contributed by atoms with Crippen molar-refractivity contribution >= 4 is 0 Å². The van der Waals surface area contributed by atoms with Crippen LogP contribution in [0, 0.1) is 5.92 Å². The molecule has 0 fully saturated rings. The molecule has 0 aromatic carbocycles. The first-order chi connectivity index (χ1) is 4.09. The third-order valence-corrected chi connectivity index (χ3v) is 1.79. The fourth-order valence-electron chi connectivity index (χ4n) is 0.693. The van der Waals surface area contributed by atoms with Gasteiger partial charge in [-0.25, -0.2) is 0 Å². The van der Waals surface area contributed by atoms with Gasteiger partial charge in [-0.05, 0) is 13.3 Å². The maximum Gasteiger partial charge on any atom is 0.0587 e. The van der Waals surface area contributed by atoms with Crippen LogP contribution in [0.15, 0.2) is 0 Å². The van der Waals surface area contributed by atoms with Crippen LogP contribution < -0.4 is 0 Å². The highest BCUT2D eigenvalue weighted by atomic mass is 16.3. The van der Waals surface area contributed by atoms with Gasteiger partial charge in [-0.3, -0.25) is 0 Å². The van der Waals surface area contributed by atoms with Gasteiger partial charge in [0.1, 0.15) is 0 Å². The molecule has 0 aromatic heterocycles. The van der Waals surface area contributed by atoms with Gasteiger partial charge in [-0.15, -0.1) is 0 Å². The van der Waals surface area contributed by atoms with E-state index in [9.17, 15) is 0 Å². The Balaban J connectivity index is 3.58. The van der Waals surface area contributed by atoms with E-state index < -0.39 is 6.10 Å². The van der Waals surface area contributed by atoms with Gasteiger partial charge in [0.05, 0.1) is 12.2 Å². The maximum atomic E-state index is 9.14. The molecule has 0 aliphatic heterocycles. The third-order valence-electron chi connectivity index (χ3n) is 1.79. The van der Waals surface area contributed by atoms with E-state index in [0.29, 0.717) is 6.42 Å². The Morgan fingerprint density at radius 1 is 1.22 bits per heavy atom. The monoisotopic (exact) mass is 132 g/mol. The minimum absolute atomic E-state index is 0.00463. The number of aliphatic hydroxyl groups is 2. The Morgan fingerprint density at radius 2 is 1.67 bits per heavy atom. The quantitative estimate of drug-likeness (QED) is 0.595. The van der Waals surface area contributed by atoms with Crippen molar-refractivity contribution in [3.63, 3.8) is 0 Å². The highest BCUT2D eigenvalue weighted by Gasteiger charge is 2.16. The molecule has 0 radical (unpaired) electrons. The van der Waals surface area contributed by atoms with E-state index >= 15 is 0 Å². The fourth-order valence-corrected chi connectivity index (χ4v) is 0.693. The fraction of sp³-hybridized carbons (Fsp3) is 1.00. The van der Waals surface area contributed by atoms with Crippen molar-refractivity contribution < 1.29 is 10.2 Å². The molecule has 0 aromatic rings. The molecular formula is C7H16O2. The maximum absolute atomic E-state index is 9.14. The lowest BCUT2D eigenvalue weighted by molar-refractivity contribution is 0.0298. The molecule has 2 nitrogen and oxygen atoms in total. The predicted molar refractivity (Wildman–Crippen MR) is 37.1 cm³/mol. The van der Waals surface area contributed by atoms with Crippen LogP contribution in [0.1, 0.15) is 27.2 Å². The second-order valence-electron chi connectivity index (χ2n) is 2.58. The Labute approximate surface area is 56.5 Å². The van der Waals surface area contributed by atoms with Crippen molar-refractivity contribution in [3.8, 4) is 0 Å². The lowest BCUT2D eigenvalue weighted by Gasteiger charge is -2.19. The number of rotatable bonds is 3. The van der Waals surface area contributed by atoms with Crippen molar-refractivity contribution in [2.75, 3.05) is 0 Å². The van der Waals surface area contributed by atoms with Crippen molar-refractivity contribution in [1.29, 1.82) is 0 Å². The van der Waals surface area contributed by atoms with E-state index in [1.165, 1.54) is 0 Å². The van der Waals surface area contributed by atoms with Crippen LogP contribution in [0.2, 0.25) is 0 Å². The standard InChI is InChI=1S/C7H16O2/c1-4-7(9)5(2)6(3)8/h5-9H,4H2,1-3H3/t5-,6-,7-/m0/s1. The molecule has 3 atom stereocenters. The van der Waals surface area contributed by atoms with Gasteiger partial charge in [0.2, 0.25) is 0 Å². The molecule has 0 spiro atoms. The Bertz CT molecular complexity index is 71.3. The molecule has 0 amide bonds. The summed E-state index contributed by atoms with van der Waals surface area (Å²) in [5, 5.41) is 18.1. The summed E-state index contributed by atoms with van der Waals surface area (Å²) in [4.78, 5) is 0. The molecule has 0 saturated carbocycles.